The largest absolute Gasteiger partial charge is 0.491 e. The van der Waals surface area contributed by atoms with Crippen LogP contribution in [0.2, 0.25) is 0 Å². The number of para-hydroxylation sites is 1. The van der Waals surface area contributed by atoms with E-state index in [4.69, 9.17) is 4.74 Å². The van der Waals surface area contributed by atoms with Crippen molar-refractivity contribution in [2.24, 2.45) is 0 Å². The zero-order chi connectivity index (χ0) is 16.4. The maximum absolute atomic E-state index is 6.15. The van der Waals surface area contributed by atoms with Gasteiger partial charge in [-0.3, -0.25) is 0 Å². The van der Waals surface area contributed by atoms with E-state index in [0.29, 0.717) is 18.3 Å². The number of fused-ring (bicyclic) bond motifs is 1. The lowest BCUT2D eigenvalue weighted by atomic mass is 10.1. The summed E-state index contributed by atoms with van der Waals surface area (Å²) in [6, 6.07) is 8.58. The Balaban J connectivity index is 1.54. The molecule has 1 saturated heterocycles. The molecule has 6 heteroatoms. The van der Waals surface area contributed by atoms with E-state index in [1.54, 1.807) is 12.7 Å². The van der Waals surface area contributed by atoms with E-state index in [-0.39, 0.29) is 0 Å². The molecule has 1 aliphatic heterocycles. The molecule has 1 aliphatic rings. The minimum absolute atomic E-state index is 0.316. The molecular formula is C18H21N5O. The fourth-order valence-electron chi connectivity index (χ4n) is 3.38. The lowest BCUT2D eigenvalue weighted by Crippen LogP contribution is -2.35. The second-order valence-electron chi connectivity index (χ2n) is 6.06. The predicted octanol–water partition coefficient (Wildman–Crippen LogP) is 2.96. The van der Waals surface area contributed by atoms with Crippen LogP contribution in [0.25, 0.3) is 11.2 Å². The third-order valence-electron chi connectivity index (χ3n) is 4.64. The van der Waals surface area contributed by atoms with Crippen LogP contribution in [-0.2, 0) is 6.42 Å². The monoisotopic (exact) mass is 323 g/mol. The number of aromatic nitrogens is 4. The number of rotatable bonds is 5. The van der Waals surface area contributed by atoms with Crippen LogP contribution in [0.15, 0.2) is 36.9 Å². The number of nitrogens with one attached hydrogen (secondary N) is 1. The van der Waals surface area contributed by atoms with E-state index in [9.17, 15) is 0 Å². The van der Waals surface area contributed by atoms with Gasteiger partial charge in [0.2, 0.25) is 0 Å². The maximum atomic E-state index is 6.15. The summed E-state index contributed by atoms with van der Waals surface area (Å²) >= 11 is 0. The number of hydrogen-bond donors (Lipinski definition) is 1. The standard InChI is InChI=1S/C18H21N5O/c1-2-13-6-3-4-8-15(13)24-10-14-7-5-9-23(14)18-16-17(20-11-19-16)21-12-22-18/h3-4,6,8,11-12,14H,2,5,7,9-10H2,1H3,(H,19,20,21,22). The number of hydrogen-bond acceptors (Lipinski definition) is 5. The first-order valence-electron chi connectivity index (χ1n) is 8.48. The van der Waals surface area contributed by atoms with Crippen molar-refractivity contribution in [1.29, 1.82) is 0 Å². The molecule has 4 rings (SSSR count). The normalized spacial score (nSPS) is 17.5. The maximum Gasteiger partial charge on any atom is 0.182 e. The molecule has 24 heavy (non-hydrogen) atoms. The zero-order valence-corrected chi connectivity index (χ0v) is 13.8. The average Bonchev–Trinajstić information content (AvgIpc) is 3.28. The van der Waals surface area contributed by atoms with Crippen LogP contribution in [0.5, 0.6) is 5.75 Å². The molecule has 2 aromatic heterocycles. The number of imidazole rings is 1. The summed E-state index contributed by atoms with van der Waals surface area (Å²) in [5, 5.41) is 0. The summed E-state index contributed by atoms with van der Waals surface area (Å²) < 4.78 is 6.15. The number of anilines is 1. The van der Waals surface area contributed by atoms with Crippen molar-refractivity contribution in [3.63, 3.8) is 0 Å². The molecule has 6 nitrogen and oxygen atoms in total. The molecule has 1 aromatic carbocycles. The third-order valence-corrected chi connectivity index (χ3v) is 4.64. The number of benzene rings is 1. The zero-order valence-electron chi connectivity index (χ0n) is 13.8. The van der Waals surface area contributed by atoms with Crippen molar-refractivity contribution in [3.8, 4) is 5.75 Å². The van der Waals surface area contributed by atoms with Crippen molar-refractivity contribution in [1.82, 2.24) is 19.9 Å². The average molecular weight is 323 g/mol. The minimum atomic E-state index is 0.316. The Morgan fingerprint density at radius 1 is 1.25 bits per heavy atom. The van der Waals surface area contributed by atoms with Gasteiger partial charge in [-0.2, -0.15) is 0 Å². The number of ether oxygens (including phenoxy) is 1. The molecular weight excluding hydrogens is 302 g/mol. The van der Waals surface area contributed by atoms with Crippen LogP contribution in [0, 0.1) is 0 Å². The van der Waals surface area contributed by atoms with Crippen molar-refractivity contribution < 1.29 is 4.74 Å². The Morgan fingerprint density at radius 3 is 3.08 bits per heavy atom. The molecule has 1 fully saturated rings. The minimum Gasteiger partial charge on any atom is -0.491 e. The van der Waals surface area contributed by atoms with Crippen LogP contribution in [0.1, 0.15) is 25.3 Å². The first-order valence-corrected chi connectivity index (χ1v) is 8.48. The molecule has 1 atom stereocenters. The molecule has 3 heterocycles. The Bertz CT molecular complexity index is 831. The summed E-state index contributed by atoms with van der Waals surface area (Å²) in [7, 11) is 0. The molecule has 0 amide bonds. The highest BCUT2D eigenvalue weighted by atomic mass is 16.5. The number of aromatic amines is 1. The highest BCUT2D eigenvalue weighted by Gasteiger charge is 2.28. The lowest BCUT2D eigenvalue weighted by molar-refractivity contribution is 0.286. The highest BCUT2D eigenvalue weighted by molar-refractivity contribution is 5.83. The van der Waals surface area contributed by atoms with Gasteiger partial charge >= 0.3 is 0 Å². The predicted molar refractivity (Wildman–Crippen MR) is 93.4 cm³/mol. The number of H-pyrrole nitrogens is 1. The van der Waals surface area contributed by atoms with Gasteiger partial charge in [-0.05, 0) is 30.9 Å². The van der Waals surface area contributed by atoms with Crippen LogP contribution in [0.4, 0.5) is 5.82 Å². The van der Waals surface area contributed by atoms with Gasteiger partial charge in [-0.25, -0.2) is 15.0 Å². The molecule has 0 radical (unpaired) electrons. The fraction of sp³-hybridized carbons (Fsp3) is 0.389. The lowest BCUT2D eigenvalue weighted by Gasteiger charge is -2.26. The van der Waals surface area contributed by atoms with E-state index < -0.39 is 0 Å². The molecule has 124 valence electrons. The van der Waals surface area contributed by atoms with Crippen molar-refractivity contribution >= 4 is 17.0 Å². The van der Waals surface area contributed by atoms with Crippen molar-refractivity contribution in [2.75, 3.05) is 18.1 Å². The Labute approximate surface area is 140 Å². The Hall–Kier alpha value is -2.63. The number of nitrogens with zero attached hydrogens (tertiary/aromatic N) is 4. The second-order valence-corrected chi connectivity index (χ2v) is 6.06. The Morgan fingerprint density at radius 2 is 2.17 bits per heavy atom. The summed E-state index contributed by atoms with van der Waals surface area (Å²) in [4.78, 5) is 18.4. The molecule has 1 unspecified atom stereocenters. The smallest absolute Gasteiger partial charge is 0.182 e. The molecule has 0 aliphatic carbocycles. The topological polar surface area (TPSA) is 66.9 Å². The highest BCUT2D eigenvalue weighted by Crippen LogP contribution is 2.29. The van der Waals surface area contributed by atoms with Crippen molar-refractivity contribution in [3.05, 3.63) is 42.5 Å². The molecule has 3 aromatic rings. The van der Waals surface area contributed by atoms with E-state index >= 15 is 0 Å². The Kier molecular flexibility index (Phi) is 4.02. The fourth-order valence-corrected chi connectivity index (χ4v) is 3.38. The van der Waals surface area contributed by atoms with Gasteiger partial charge in [0.15, 0.2) is 11.5 Å². The third kappa shape index (κ3) is 2.68. The van der Waals surface area contributed by atoms with Crippen molar-refractivity contribution in [2.45, 2.75) is 32.2 Å². The number of aryl methyl sites for hydroxylation is 1. The second kappa shape index (κ2) is 6.47. The summed E-state index contributed by atoms with van der Waals surface area (Å²) in [5.41, 5.74) is 2.86. The molecule has 0 spiro atoms. The van der Waals surface area contributed by atoms with Gasteiger partial charge in [-0.1, -0.05) is 25.1 Å². The summed E-state index contributed by atoms with van der Waals surface area (Å²) in [5.74, 6) is 1.91. The SMILES string of the molecule is CCc1ccccc1OCC1CCCN1c1ncnc2nc[nH]c12. The van der Waals surface area contributed by atoms with Gasteiger partial charge in [0.05, 0.1) is 12.4 Å². The van der Waals surface area contributed by atoms with Gasteiger partial charge in [0.25, 0.3) is 0 Å². The van der Waals surface area contributed by atoms with Crippen LogP contribution >= 0.6 is 0 Å². The van der Waals surface area contributed by atoms with E-state index in [1.165, 1.54) is 5.56 Å². The first-order chi connectivity index (χ1) is 11.9. The van der Waals surface area contributed by atoms with Gasteiger partial charge in [0, 0.05) is 6.54 Å². The van der Waals surface area contributed by atoms with E-state index in [2.05, 4.69) is 50.0 Å². The van der Waals surface area contributed by atoms with E-state index in [0.717, 1.165) is 42.9 Å². The first kappa shape index (κ1) is 14.9. The van der Waals surface area contributed by atoms with Gasteiger partial charge < -0.3 is 14.6 Å². The van der Waals surface area contributed by atoms with Gasteiger partial charge in [-0.15, -0.1) is 0 Å². The van der Waals surface area contributed by atoms with Crippen LogP contribution in [0.3, 0.4) is 0 Å². The van der Waals surface area contributed by atoms with Crippen LogP contribution < -0.4 is 9.64 Å². The molecule has 1 N–H and O–H groups in total. The van der Waals surface area contributed by atoms with Crippen LogP contribution in [-0.4, -0.2) is 39.1 Å². The summed E-state index contributed by atoms with van der Waals surface area (Å²) in [6.45, 7) is 3.80. The molecule has 0 saturated carbocycles. The summed E-state index contributed by atoms with van der Waals surface area (Å²) in [6.07, 6.45) is 6.48. The molecule has 0 bridgehead atoms. The van der Waals surface area contributed by atoms with Gasteiger partial charge in [0.1, 0.15) is 24.2 Å². The quantitative estimate of drug-likeness (QED) is 0.782. The van der Waals surface area contributed by atoms with E-state index in [1.807, 2.05) is 6.07 Å².